The van der Waals surface area contributed by atoms with Crippen molar-refractivity contribution in [2.45, 2.75) is 31.7 Å². The van der Waals surface area contributed by atoms with Gasteiger partial charge in [-0.3, -0.25) is 9.59 Å². The number of rotatable bonds is 5. The molecule has 0 aliphatic carbocycles. The smallest absolute Gasteiger partial charge is 0.263 e. The molecule has 0 unspecified atom stereocenters. The molecule has 0 spiro atoms. The van der Waals surface area contributed by atoms with Gasteiger partial charge >= 0.3 is 0 Å². The van der Waals surface area contributed by atoms with Gasteiger partial charge in [-0.25, -0.2) is 0 Å². The van der Waals surface area contributed by atoms with Gasteiger partial charge in [-0.1, -0.05) is 6.07 Å². The van der Waals surface area contributed by atoms with E-state index in [0.717, 1.165) is 41.3 Å². The molecule has 2 fully saturated rings. The van der Waals surface area contributed by atoms with E-state index in [2.05, 4.69) is 0 Å². The van der Waals surface area contributed by atoms with Gasteiger partial charge in [0.1, 0.15) is 11.5 Å². The number of methoxy groups -OCH3 is 2. The highest BCUT2D eigenvalue weighted by molar-refractivity contribution is 7.12. The van der Waals surface area contributed by atoms with Crippen LogP contribution < -0.4 is 9.47 Å². The summed E-state index contributed by atoms with van der Waals surface area (Å²) < 4.78 is 11.0. The Morgan fingerprint density at radius 2 is 1.83 bits per heavy atom. The van der Waals surface area contributed by atoms with Crippen LogP contribution in [-0.2, 0) is 4.79 Å². The van der Waals surface area contributed by atoms with Gasteiger partial charge in [0.2, 0.25) is 5.91 Å². The van der Waals surface area contributed by atoms with Crippen molar-refractivity contribution < 1.29 is 19.1 Å². The van der Waals surface area contributed by atoms with Gasteiger partial charge < -0.3 is 19.3 Å². The monoisotopic (exact) mass is 428 g/mol. The maximum absolute atomic E-state index is 13.4. The molecule has 0 saturated carbocycles. The number of hydrogen-bond donors (Lipinski definition) is 0. The van der Waals surface area contributed by atoms with E-state index in [-0.39, 0.29) is 23.8 Å². The summed E-state index contributed by atoms with van der Waals surface area (Å²) in [5, 5.41) is 1.92. The summed E-state index contributed by atoms with van der Waals surface area (Å²) in [7, 11) is 3.31. The molecule has 4 rings (SSSR count). The van der Waals surface area contributed by atoms with Crippen molar-refractivity contribution in [3.05, 3.63) is 46.2 Å². The molecule has 2 saturated heterocycles. The third-order valence-electron chi connectivity index (χ3n) is 6.20. The Morgan fingerprint density at radius 3 is 2.50 bits per heavy atom. The van der Waals surface area contributed by atoms with Crippen molar-refractivity contribution >= 4 is 23.2 Å². The topological polar surface area (TPSA) is 59.1 Å². The second kappa shape index (κ2) is 9.08. The van der Waals surface area contributed by atoms with Crippen LogP contribution in [0.3, 0.4) is 0 Å². The van der Waals surface area contributed by atoms with Crippen LogP contribution in [0.4, 0.5) is 0 Å². The van der Waals surface area contributed by atoms with Crippen molar-refractivity contribution in [2.75, 3.05) is 33.9 Å². The zero-order valence-electron chi connectivity index (χ0n) is 17.5. The number of amides is 2. The van der Waals surface area contributed by atoms with Crippen molar-refractivity contribution in [1.82, 2.24) is 9.80 Å². The van der Waals surface area contributed by atoms with Crippen LogP contribution >= 0.6 is 11.3 Å². The number of nitrogens with zero attached hydrogens (tertiary/aromatic N) is 2. The van der Waals surface area contributed by atoms with Crippen LogP contribution in [0.5, 0.6) is 11.5 Å². The van der Waals surface area contributed by atoms with E-state index in [1.54, 1.807) is 14.2 Å². The lowest BCUT2D eigenvalue weighted by Crippen LogP contribution is -2.44. The predicted octanol–water partition coefficient (Wildman–Crippen LogP) is 3.98. The fourth-order valence-electron chi connectivity index (χ4n) is 4.57. The van der Waals surface area contributed by atoms with Crippen molar-refractivity contribution in [1.29, 1.82) is 0 Å². The van der Waals surface area contributed by atoms with Gasteiger partial charge in [0.15, 0.2) is 0 Å². The molecule has 1 aromatic carbocycles. The lowest BCUT2D eigenvalue weighted by molar-refractivity contribution is -0.137. The molecule has 0 radical (unpaired) electrons. The molecular weight excluding hydrogens is 400 g/mol. The minimum Gasteiger partial charge on any atom is -0.497 e. The maximum Gasteiger partial charge on any atom is 0.263 e. The normalized spacial score (nSPS) is 19.7. The number of carbonyl (C=O) groups excluding carboxylic acids is 2. The van der Waals surface area contributed by atoms with Gasteiger partial charge in [0.05, 0.1) is 25.1 Å². The summed E-state index contributed by atoms with van der Waals surface area (Å²) in [6.07, 6.45) is 3.33. The second-order valence-electron chi connectivity index (χ2n) is 7.84. The highest BCUT2D eigenvalue weighted by atomic mass is 32.1. The standard InChI is InChI=1S/C23H28N2O4S/c1-28-17-7-8-20(29-2)18(15-17)19-5-3-11-25(19)22(26)16-9-12-24(13-10-16)23(27)21-6-4-14-30-21/h4,6-8,14-16,19H,3,5,9-13H2,1-2H3/t19-/m1/s1. The van der Waals surface area contributed by atoms with E-state index in [9.17, 15) is 9.59 Å². The highest BCUT2D eigenvalue weighted by Crippen LogP contribution is 2.40. The zero-order chi connectivity index (χ0) is 21.1. The van der Waals surface area contributed by atoms with E-state index >= 15 is 0 Å². The number of thiophene rings is 1. The Kier molecular flexibility index (Phi) is 6.27. The number of likely N-dealkylation sites (tertiary alicyclic amines) is 2. The number of benzene rings is 1. The van der Waals surface area contributed by atoms with Gasteiger partial charge in [0.25, 0.3) is 5.91 Å². The molecule has 0 bridgehead atoms. The summed E-state index contributed by atoms with van der Waals surface area (Å²) in [6.45, 7) is 2.03. The van der Waals surface area contributed by atoms with Gasteiger partial charge in [-0.05, 0) is 55.3 Å². The average Bonchev–Trinajstić information content (AvgIpc) is 3.50. The first-order valence-corrected chi connectivity index (χ1v) is 11.4. The molecule has 2 aliphatic heterocycles. The van der Waals surface area contributed by atoms with Gasteiger partial charge in [0, 0.05) is 31.1 Å². The minimum absolute atomic E-state index is 0.00771. The van der Waals surface area contributed by atoms with Crippen LogP contribution in [0.2, 0.25) is 0 Å². The van der Waals surface area contributed by atoms with Crippen LogP contribution in [0.25, 0.3) is 0 Å². The zero-order valence-corrected chi connectivity index (χ0v) is 18.3. The third-order valence-corrected chi connectivity index (χ3v) is 7.05. The van der Waals surface area contributed by atoms with E-state index in [4.69, 9.17) is 9.47 Å². The highest BCUT2D eigenvalue weighted by Gasteiger charge is 2.37. The SMILES string of the molecule is COc1ccc(OC)c([C@H]2CCCN2C(=O)C2CCN(C(=O)c3cccs3)CC2)c1. The van der Waals surface area contributed by atoms with Crippen LogP contribution in [0, 0.1) is 5.92 Å². The molecule has 3 heterocycles. The quantitative estimate of drug-likeness (QED) is 0.723. The van der Waals surface area contributed by atoms with Gasteiger partial charge in [-0.15, -0.1) is 11.3 Å². The number of piperidine rings is 1. The Bertz CT molecular complexity index is 891. The minimum atomic E-state index is -0.0328. The fraction of sp³-hybridized carbons (Fsp3) is 0.478. The first-order valence-electron chi connectivity index (χ1n) is 10.5. The van der Waals surface area contributed by atoms with Crippen molar-refractivity contribution in [3.63, 3.8) is 0 Å². The number of hydrogen-bond acceptors (Lipinski definition) is 5. The number of ether oxygens (including phenoxy) is 2. The lowest BCUT2D eigenvalue weighted by Gasteiger charge is -2.35. The van der Waals surface area contributed by atoms with Crippen LogP contribution in [0.1, 0.15) is 47.0 Å². The van der Waals surface area contributed by atoms with E-state index < -0.39 is 0 Å². The molecule has 160 valence electrons. The molecule has 30 heavy (non-hydrogen) atoms. The fourth-order valence-corrected chi connectivity index (χ4v) is 5.26. The first kappa shape index (κ1) is 20.7. The molecule has 0 N–H and O–H groups in total. The molecule has 2 aromatic rings. The Morgan fingerprint density at radius 1 is 1.03 bits per heavy atom. The summed E-state index contributed by atoms with van der Waals surface area (Å²) in [5.74, 6) is 1.80. The Labute approximate surface area is 181 Å². The Hall–Kier alpha value is -2.54. The molecule has 1 atom stereocenters. The summed E-state index contributed by atoms with van der Waals surface area (Å²) in [6, 6.07) is 9.54. The molecule has 7 heteroatoms. The number of carbonyl (C=O) groups is 2. The van der Waals surface area contributed by atoms with E-state index in [1.807, 2.05) is 45.5 Å². The summed E-state index contributed by atoms with van der Waals surface area (Å²) in [5.41, 5.74) is 1.01. The lowest BCUT2D eigenvalue weighted by atomic mass is 9.94. The molecular formula is C23H28N2O4S. The molecule has 2 aliphatic rings. The van der Waals surface area contributed by atoms with E-state index in [0.29, 0.717) is 25.9 Å². The second-order valence-corrected chi connectivity index (χ2v) is 8.79. The maximum atomic E-state index is 13.4. The summed E-state index contributed by atoms with van der Waals surface area (Å²) in [4.78, 5) is 30.6. The largest absolute Gasteiger partial charge is 0.497 e. The molecule has 1 aromatic heterocycles. The molecule has 2 amide bonds. The van der Waals surface area contributed by atoms with E-state index in [1.165, 1.54) is 11.3 Å². The van der Waals surface area contributed by atoms with Crippen LogP contribution in [-0.4, -0.2) is 55.5 Å². The average molecular weight is 429 g/mol. The van der Waals surface area contributed by atoms with Crippen LogP contribution in [0.15, 0.2) is 35.7 Å². The van der Waals surface area contributed by atoms with Crippen molar-refractivity contribution in [2.24, 2.45) is 5.92 Å². The summed E-state index contributed by atoms with van der Waals surface area (Å²) >= 11 is 1.47. The first-order chi connectivity index (χ1) is 14.6. The predicted molar refractivity (Wildman–Crippen MR) is 116 cm³/mol. The Balaban J connectivity index is 1.44. The van der Waals surface area contributed by atoms with Crippen molar-refractivity contribution in [3.8, 4) is 11.5 Å². The third kappa shape index (κ3) is 4.03. The molecule has 6 nitrogen and oxygen atoms in total. The van der Waals surface area contributed by atoms with Gasteiger partial charge in [-0.2, -0.15) is 0 Å².